The van der Waals surface area contributed by atoms with E-state index < -0.39 is 23.8 Å². The second kappa shape index (κ2) is 9.05. The Kier molecular flexibility index (Phi) is 7.00. The van der Waals surface area contributed by atoms with Crippen LogP contribution in [0.1, 0.15) is 68.2 Å². The highest BCUT2D eigenvalue weighted by Gasteiger charge is 2.41. The predicted octanol–water partition coefficient (Wildman–Crippen LogP) is 5.26. The van der Waals surface area contributed by atoms with Gasteiger partial charge in [-0.2, -0.15) is 0 Å². The van der Waals surface area contributed by atoms with Crippen LogP contribution in [0.4, 0.5) is 0 Å². The average molecular weight is 383 g/mol. The van der Waals surface area contributed by atoms with Crippen LogP contribution in [0.2, 0.25) is 0 Å². The van der Waals surface area contributed by atoms with E-state index in [1.54, 1.807) is 0 Å². The molecule has 0 spiro atoms. The topological polar surface area (TPSA) is 74.6 Å². The normalized spacial score (nSPS) is 11.8. The Hall–Kier alpha value is -2.62. The van der Waals surface area contributed by atoms with Gasteiger partial charge in [-0.05, 0) is 46.9 Å². The lowest BCUT2D eigenvalue weighted by Crippen LogP contribution is -2.38. The highest BCUT2D eigenvalue weighted by atomic mass is 16.4. The van der Waals surface area contributed by atoms with E-state index in [2.05, 4.69) is 27.7 Å². The third kappa shape index (κ3) is 5.44. The molecule has 0 bridgehead atoms. The lowest BCUT2D eigenvalue weighted by Gasteiger charge is -2.28. The van der Waals surface area contributed by atoms with Gasteiger partial charge >= 0.3 is 11.9 Å². The minimum atomic E-state index is -1.38. The van der Waals surface area contributed by atoms with E-state index in [0.29, 0.717) is 11.8 Å². The summed E-state index contributed by atoms with van der Waals surface area (Å²) < 4.78 is 0. The molecule has 0 saturated carbocycles. The van der Waals surface area contributed by atoms with Gasteiger partial charge in [0.05, 0.1) is 11.8 Å². The van der Waals surface area contributed by atoms with Gasteiger partial charge in [-0.1, -0.05) is 76.2 Å². The molecule has 0 unspecified atom stereocenters. The number of carboxylic acids is 2. The molecule has 0 heterocycles. The zero-order valence-electron chi connectivity index (χ0n) is 17.1. The van der Waals surface area contributed by atoms with Gasteiger partial charge in [-0.15, -0.1) is 0 Å². The van der Waals surface area contributed by atoms with Crippen LogP contribution < -0.4 is 0 Å². The number of hydrogen-bond donors (Lipinski definition) is 2. The van der Waals surface area contributed by atoms with Crippen LogP contribution in [0.3, 0.4) is 0 Å². The summed E-state index contributed by atoms with van der Waals surface area (Å²) in [5, 5.41) is 19.4. The van der Waals surface area contributed by atoms with Gasteiger partial charge in [0.1, 0.15) is 0 Å². The largest absolute Gasteiger partial charge is 0.481 e. The van der Waals surface area contributed by atoms with Crippen LogP contribution in [-0.4, -0.2) is 22.2 Å². The minimum absolute atomic E-state index is 0.180. The molecule has 150 valence electrons. The summed E-state index contributed by atoms with van der Waals surface area (Å²) in [5.74, 6) is -1.40. The van der Waals surface area contributed by atoms with Gasteiger partial charge in [0.2, 0.25) is 0 Å². The van der Waals surface area contributed by atoms with E-state index in [-0.39, 0.29) is 12.8 Å². The Bertz CT molecular complexity index is 748. The SMILES string of the molecule is CC(C)c1ccc(CC(CC(=O)O)(Cc2ccc(C(C)C)cc2)C(=O)O)cc1. The van der Waals surface area contributed by atoms with Crippen molar-refractivity contribution in [3.63, 3.8) is 0 Å². The highest BCUT2D eigenvalue weighted by molar-refractivity contribution is 5.82. The number of hydrogen-bond acceptors (Lipinski definition) is 2. The number of carboxylic acid groups (broad SMARTS) is 2. The first-order chi connectivity index (χ1) is 13.1. The van der Waals surface area contributed by atoms with Crippen molar-refractivity contribution >= 4 is 11.9 Å². The van der Waals surface area contributed by atoms with Gasteiger partial charge in [0, 0.05) is 0 Å². The Balaban J connectivity index is 2.35. The van der Waals surface area contributed by atoms with Crippen molar-refractivity contribution in [1.29, 1.82) is 0 Å². The maximum atomic E-state index is 12.3. The highest BCUT2D eigenvalue weighted by Crippen LogP contribution is 2.33. The molecule has 0 radical (unpaired) electrons. The van der Waals surface area contributed by atoms with Crippen molar-refractivity contribution in [2.45, 2.75) is 58.8 Å². The molecule has 0 aliphatic carbocycles. The van der Waals surface area contributed by atoms with E-state index in [1.165, 1.54) is 11.1 Å². The van der Waals surface area contributed by atoms with Gasteiger partial charge in [0.15, 0.2) is 0 Å². The molecule has 2 aromatic rings. The summed E-state index contributed by atoms with van der Waals surface area (Å²) in [4.78, 5) is 23.8. The molecule has 28 heavy (non-hydrogen) atoms. The van der Waals surface area contributed by atoms with Gasteiger partial charge in [0.25, 0.3) is 0 Å². The first-order valence-electron chi connectivity index (χ1n) is 9.76. The molecule has 0 aliphatic rings. The number of rotatable bonds is 9. The van der Waals surface area contributed by atoms with E-state index in [4.69, 9.17) is 0 Å². The van der Waals surface area contributed by atoms with E-state index in [0.717, 1.165) is 11.1 Å². The lowest BCUT2D eigenvalue weighted by molar-refractivity contribution is -0.155. The number of aliphatic carboxylic acids is 2. The monoisotopic (exact) mass is 382 g/mol. The van der Waals surface area contributed by atoms with Crippen molar-refractivity contribution in [3.8, 4) is 0 Å². The smallest absolute Gasteiger partial charge is 0.310 e. The van der Waals surface area contributed by atoms with Gasteiger partial charge < -0.3 is 10.2 Å². The third-order valence-corrected chi connectivity index (χ3v) is 5.32. The van der Waals surface area contributed by atoms with E-state index in [9.17, 15) is 19.8 Å². The van der Waals surface area contributed by atoms with Crippen LogP contribution in [-0.2, 0) is 22.4 Å². The van der Waals surface area contributed by atoms with Crippen molar-refractivity contribution in [1.82, 2.24) is 0 Å². The maximum absolute atomic E-state index is 12.3. The van der Waals surface area contributed by atoms with E-state index in [1.807, 2.05) is 48.5 Å². The molecule has 0 atom stereocenters. The second-order valence-electron chi connectivity index (χ2n) is 8.30. The van der Waals surface area contributed by atoms with Crippen LogP contribution in [0.5, 0.6) is 0 Å². The number of carbonyl (C=O) groups is 2. The Labute approximate surface area is 167 Å². The zero-order valence-corrected chi connectivity index (χ0v) is 17.1. The van der Waals surface area contributed by atoms with Crippen molar-refractivity contribution in [3.05, 3.63) is 70.8 Å². The first-order valence-corrected chi connectivity index (χ1v) is 9.76. The fourth-order valence-electron chi connectivity index (χ4n) is 3.53. The van der Waals surface area contributed by atoms with Gasteiger partial charge in [-0.25, -0.2) is 0 Å². The quantitative estimate of drug-likeness (QED) is 0.620. The summed E-state index contributed by atoms with van der Waals surface area (Å²) >= 11 is 0. The fraction of sp³-hybridized carbons (Fsp3) is 0.417. The molecule has 0 amide bonds. The molecule has 4 nitrogen and oxygen atoms in total. The van der Waals surface area contributed by atoms with Crippen LogP contribution in [0.15, 0.2) is 48.5 Å². The standard InChI is InChI=1S/C24H30O4/c1-16(2)20-9-5-18(6-10-20)13-24(23(27)28,15-22(25)26)14-19-7-11-21(12-8-19)17(3)4/h5-12,16-17H,13-15H2,1-4H3,(H,25,26)(H,27,28). The minimum Gasteiger partial charge on any atom is -0.481 e. The summed E-state index contributed by atoms with van der Waals surface area (Å²) in [6, 6.07) is 15.6. The van der Waals surface area contributed by atoms with Crippen LogP contribution in [0, 0.1) is 5.41 Å². The lowest BCUT2D eigenvalue weighted by atomic mass is 9.73. The molecular weight excluding hydrogens is 352 g/mol. The fourth-order valence-corrected chi connectivity index (χ4v) is 3.53. The average Bonchev–Trinajstić information content (AvgIpc) is 2.61. The van der Waals surface area contributed by atoms with Crippen molar-refractivity contribution < 1.29 is 19.8 Å². The Morgan fingerprint density at radius 1 is 0.750 bits per heavy atom. The summed E-state index contributed by atoms with van der Waals surface area (Å²) in [5.41, 5.74) is 2.64. The number of benzene rings is 2. The van der Waals surface area contributed by atoms with Crippen LogP contribution >= 0.6 is 0 Å². The molecule has 0 aliphatic heterocycles. The van der Waals surface area contributed by atoms with E-state index >= 15 is 0 Å². The second-order valence-corrected chi connectivity index (χ2v) is 8.30. The van der Waals surface area contributed by atoms with Crippen LogP contribution in [0.25, 0.3) is 0 Å². The van der Waals surface area contributed by atoms with Crippen molar-refractivity contribution in [2.75, 3.05) is 0 Å². The first kappa shape index (κ1) is 21.7. The molecular formula is C24H30O4. The molecule has 0 aromatic heterocycles. The predicted molar refractivity (Wildman–Crippen MR) is 111 cm³/mol. The third-order valence-electron chi connectivity index (χ3n) is 5.32. The molecule has 0 saturated heterocycles. The molecule has 4 heteroatoms. The summed E-state index contributed by atoms with van der Waals surface area (Å²) in [6.07, 6.45) is -0.0575. The molecule has 2 N–H and O–H groups in total. The van der Waals surface area contributed by atoms with Crippen molar-refractivity contribution in [2.24, 2.45) is 5.41 Å². The molecule has 0 fully saturated rings. The molecule has 2 rings (SSSR count). The summed E-state index contributed by atoms with van der Waals surface area (Å²) in [6.45, 7) is 8.40. The maximum Gasteiger partial charge on any atom is 0.310 e. The summed E-state index contributed by atoms with van der Waals surface area (Å²) in [7, 11) is 0. The van der Waals surface area contributed by atoms with Gasteiger partial charge in [-0.3, -0.25) is 9.59 Å². The Morgan fingerprint density at radius 3 is 1.36 bits per heavy atom. The molecule has 2 aromatic carbocycles. The zero-order chi connectivity index (χ0) is 20.9. The Morgan fingerprint density at radius 2 is 1.11 bits per heavy atom.